The van der Waals surface area contributed by atoms with Gasteiger partial charge in [0.25, 0.3) is 0 Å². The van der Waals surface area contributed by atoms with Crippen LogP contribution in [-0.2, 0) is 0 Å². The van der Waals surface area contributed by atoms with Crippen molar-refractivity contribution in [1.29, 1.82) is 0 Å². The van der Waals surface area contributed by atoms with Gasteiger partial charge in [0, 0.05) is 5.03 Å². The second-order valence-corrected chi connectivity index (χ2v) is 4.87. The molecule has 72 valence electrons. The van der Waals surface area contributed by atoms with Gasteiger partial charge in [0.05, 0.1) is 0 Å². The molecule has 0 heterocycles. The van der Waals surface area contributed by atoms with Crippen LogP contribution in [0, 0.1) is 17.8 Å². The molecule has 2 bridgehead atoms. The van der Waals surface area contributed by atoms with Gasteiger partial charge in [0.15, 0.2) is 0 Å². The Morgan fingerprint density at radius 2 is 2.15 bits per heavy atom. The van der Waals surface area contributed by atoms with E-state index in [9.17, 15) is 0 Å². The molecule has 3 atom stereocenters. The summed E-state index contributed by atoms with van der Waals surface area (Å²) in [4.78, 5) is 0. The molecule has 0 aromatic carbocycles. The van der Waals surface area contributed by atoms with E-state index in [2.05, 4.69) is 19.1 Å². The molecule has 2 rings (SSSR count). The van der Waals surface area contributed by atoms with Crippen molar-refractivity contribution in [3.05, 3.63) is 22.8 Å². The highest BCUT2D eigenvalue weighted by Crippen LogP contribution is 2.48. The quantitative estimate of drug-likeness (QED) is 0.583. The minimum absolute atomic E-state index is 0.762. The van der Waals surface area contributed by atoms with Crippen molar-refractivity contribution < 1.29 is 0 Å². The van der Waals surface area contributed by atoms with Crippen LogP contribution in [0.5, 0.6) is 0 Å². The molecule has 0 nitrogen and oxygen atoms in total. The van der Waals surface area contributed by atoms with Gasteiger partial charge in [0.1, 0.15) is 0 Å². The van der Waals surface area contributed by atoms with Crippen molar-refractivity contribution in [2.75, 3.05) is 0 Å². The summed E-state index contributed by atoms with van der Waals surface area (Å²) < 4.78 is 0. The van der Waals surface area contributed by atoms with Crippen LogP contribution >= 0.6 is 11.6 Å². The van der Waals surface area contributed by atoms with Gasteiger partial charge in [-0.25, -0.2) is 0 Å². The maximum atomic E-state index is 6.12. The Bertz CT molecular complexity index is 258. The molecule has 3 unspecified atom stereocenters. The summed E-state index contributed by atoms with van der Waals surface area (Å²) in [6.45, 7) is 4.26. The molecule has 2 aliphatic rings. The van der Waals surface area contributed by atoms with Crippen molar-refractivity contribution in [2.45, 2.75) is 33.1 Å². The first-order valence-corrected chi connectivity index (χ1v) is 5.63. The largest absolute Gasteiger partial charge is 0.0895 e. The third-order valence-electron chi connectivity index (χ3n) is 3.55. The molecule has 0 amide bonds. The van der Waals surface area contributed by atoms with Crippen molar-refractivity contribution in [1.82, 2.24) is 0 Å². The lowest BCUT2D eigenvalue weighted by Crippen LogP contribution is -2.10. The van der Waals surface area contributed by atoms with Crippen molar-refractivity contribution in [2.24, 2.45) is 17.8 Å². The van der Waals surface area contributed by atoms with Crippen molar-refractivity contribution in [3.63, 3.8) is 0 Å². The van der Waals surface area contributed by atoms with Crippen LogP contribution in [-0.4, -0.2) is 0 Å². The van der Waals surface area contributed by atoms with E-state index in [1.165, 1.54) is 18.4 Å². The summed E-state index contributed by atoms with van der Waals surface area (Å²) in [5.74, 6) is 2.42. The minimum atomic E-state index is 0.762. The predicted molar refractivity (Wildman–Crippen MR) is 57.7 cm³/mol. The van der Waals surface area contributed by atoms with Crippen LogP contribution in [0.1, 0.15) is 33.1 Å². The average molecular weight is 197 g/mol. The van der Waals surface area contributed by atoms with E-state index in [-0.39, 0.29) is 0 Å². The molecule has 0 radical (unpaired) electrons. The van der Waals surface area contributed by atoms with Crippen LogP contribution in [0.2, 0.25) is 0 Å². The van der Waals surface area contributed by atoms with Crippen LogP contribution in [0.15, 0.2) is 22.8 Å². The van der Waals surface area contributed by atoms with E-state index in [0.29, 0.717) is 0 Å². The zero-order valence-electron chi connectivity index (χ0n) is 8.39. The molecule has 1 heteroatoms. The lowest BCUT2D eigenvalue weighted by Gasteiger charge is -2.21. The predicted octanol–water partition coefficient (Wildman–Crippen LogP) is 4.12. The average Bonchev–Trinajstić information content (AvgIpc) is 2.65. The fourth-order valence-electron chi connectivity index (χ4n) is 2.94. The van der Waals surface area contributed by atoms with Crippen LogP contribution in [0.4, 0.5) is 0 Å². The van der Waals surface area contributed by atoms with E-state index >= 15 is 0 Å². The van der Waals surface area contributed by atoms with Gasteiger partial charge in [-0.2, -0.15) is 0 Å². The molecule has 0 aliphatic heterocycles. The molecular formula is C12H17Cl. The van der Waals surface area contributed by atoms with E-state index in [0.717, 1.165) is 29.2 Å². The van der Waals surface area contributed by atoms with Gasteiger partial charge in [-0.15, -0.1) is 0 Å². The van der Waals surface area contributed by atoms with E-state index in [1.54, 1.807) is 0 Å². The number of rotatable bonds is 2. The van der Waals surface area contributed by atoms with Gasteiger partial charge in [-0.3, -0.25) is 0 Å². The van der Waals surface area contributed by atoms with Gasteiger partial charge in [-0.1, -0.05) is 36.2 Å². The van der Waals surface area contributed by atoms with Crippen LogP contribution < -0.4 is 0 Å². The fraction of sp³-hybridized carbons (Fsp3) is 0.667. The topological polar surface area (TPSA) is 0 Å². The summed E-state index contributed by atoms with van der Waals surface area (Å²) in [5, 5.41) is 1.04. The Hall–Kier alpha value is -0.230. The molecule has 13 heavy (non-hydrogen) atoms. The number of hydrogen-bond donors (Lipinski definition) is 0. The summed E-state index contributed by atoms with van der Waals surface area (Å²) in [6.07, 6.45) is 8.62. The van der Waals surface area contributed by atoms with E-state index in [4.69, 9.17) is 11.6 Å². The number of allylic oxidation sites excluding steroid dienone is 4. The first kappa shape index (κ1) is 9.33. The highest BCUT2D eigenvalue weighted by atomic mass is 35.5. The number of fused-ring (bicyclic) bond motifs is 2. The lowest BCUT2D eigenvalue weighted by molar-refractivity contribution is 0.505. The molecule has 2 aliphatic carbocycles. The maximum Gasteiger partial charge on any atom is 0.0144 e. The molecule has 0 N–H and O–H groups in total. The smallest absolute Gasteiger partial charge is 0.0144 e. The van der Waals surface area contributed by atoms with Gasteiger partial charge >= 0.3 is 0 Å². The van der Waals surface area contributed by atoms with Crippen molar-refractivity contribution in [3.8, 4) is 0 Å². The van der Waals surface area contributed by atoms with Gasteiger partial charge < -0.3 is 0 Å². The zero-order valence-corrected chi connectivity index (χ0v) is 9.14. The summed E-state index contributed by atoms with van der Waals surface area (Å²) in [7, 11) is 0. The summed E-state index contributed by atoms with van der Waals surface area (Å²) in [6, 6.07) is 0. The van der Waals surface area contributed by atoms with Crippen LogP contribution in [0.3, 0.4) is 0 Å². The molecule has 1 fully saturated rings. The van der Waals surface area contributed by atoms with E-state index in [1.807, 2.05) is 6.92 Å². The standard InChI is InChI=1S/C12H17Cl/c1-3-11(8(2)13)12-7-9-4-5-10(12)6-9/h4-5,9-10,12H,3,6-7H2,1-2H3/b11-8-. The van der Waals surface area contributed by atoms with Crippen LogP contribution in [0.25, 0.3) is 0 Å². The van der Waals surface area contributed by atoms with Gasteiger partial charge in [-0.05, 0) is 43.9 Å². The Kier molecular flexibility index (Phi) is 2.51. The highest BCUT2D eigenvalue weighted by Gasteiger charge is 2.37. The second kappa shape index (κ2) is 3.49. The molecule has 0 aromatic heterocycles. The highest BCUT2D eigenvalue weighted by molar-refractivity contribution is 6.29. The SMILES string of the molecule is CC/C(=C(\C)Cl)C1CC2C=CC1C2. The lowest BCUT2D eigenvalue weighted by atomic mass is 9.85. The second-order valence-electron chi connectivity index (χ2n) is 4.30. The first-order chi connectivity index (χ1) is 6.22. The molecule has 0 spiro atoms. The molecule has 0 aromatic rings. The molecule has 1 saturated carbocycles. The Morgan fingerprint density at radius 1 is 1.38 bits per heavy atom. The third-order valence-corrected chi connectivity index (χ3v) is 3.79. The molecular weight excluding hydrogens is 180 g/mol. The molecule has 0 saturated heterocycles. The summed E-state index contributed by atoms with van der Waals surface area (Å²) in [5.41, 5.74) is 1.50. The Balaban J connectivity index is 2.18. The Labute approximate surface area is 85.7 Å². The zero-order chi connectivity index (χ0) is 9.42. The van der Waals surface area contributed by atoms with Gasteiger partial charge in [0.2, 0.25) is 0 Å². The maximum absolute atomic E-state index is 6.12. The number of halogens is 1. The minimum Gasteiger partial charge on any atom is -0.0895 e. The fourth-order valence-corrected chi connectivity index (χ4v) is 3.22. The van der Waals surface area contributed by atoms with Crippen molar-refractivity contribution >= 4 is 11.6 Å². The Morgan fingerprint density at radius 3 is 2.54 bits per heavy atom. The first-order valence-electron chi connectivity index (χ1n) is 5.25. The third kappa shape index (κ3) is 1.57. The monoisotopic (exact) mass is 196 g/mol. The normalized spacial score (nSPS) is 38.2. The van der Waals surface area contributed by atoms with E-state index < -0.39 is 0 Å². The number of hydrogen-bond acceptors (Lipinski definition) is 0. The summed E-state index contributed by atoms with van der Waals surface area (Å²) >= 11 is 6.12.